The van der Waals surface area contributed by atoms with Crippen LogP contribution in [0.25, 0.3) is 0 Å². The largest absolute Gasteiger partial charge is 0.452 e. The van der Waals surface area contributed by atoms with Gasteiger partial charge in [0.25, 0.3) is 0 Å². The molecule has 0 saturated heterocycles. The van der Waals surface area contributed by atoms with Gasteiger partial charge in [-0.15, -0.1) is 0 Å². The highest BCUT2D eigenvalue weighted by Gasteiger charge is 2.01. The van der Waals surface area contributed by atoms with Crippen LogP contribution in [-0.4, -0.2) is 12.6 Å². The van der Waals surface area contributed by atoms with E-state index >= 15 is 0 Å². The van der Waals surface area contributed by atoms with Crippen molar-refractivity contribution in [3.63, 3.8) is 0 Å². The summed E-state index contributed by atoms with van der Waals surface area (Å²) in [6.07, 6.45) is 0. The minimum Gasteiger partial charge on any atom is -0.452 e. The highest BCUT2D eigenvalue weighted by molar-refractivity contribution is 9.10. The van der Waals surface area contributed by atoms with Crippen LogP contribution in [0.3, 0.4) is 0 Å². The number of furan rings is 1. The Morgan fingerprint density at radius 1 is 1.54 bits per heavy atom. The second-order valence-electron chi connectivity index (χ2n) is 2.42. The van der Waals surface area contributed by atoms with Crippen molar-refractivity contribution in [1.82, 2.24) is 10.6 Å². The number of halogens is 1. The van der Waals surface area contributed by atoms with Crippen LogP contribution in [0.4, 0.5) is 4.79 Å². The number of rotatable bonds is 3. The van der Waals surface area contributed by atoms with Crippen molar-refractivity contribution in [2.24, 2.45) is 0 Å². The third-order valence-corrected chi connectivity index (χ3v) is 1.82. The van der Waals surface area contributed by atoms with Gasteiger partial charge in [0.05, 0.1) is 6.54 Å². The number of carbonyl (C=O) groups is 1. The molecule has 0 aliphatic heterocycles. The normalized spacial score (nSPS) is 9.69. The van der Waals surface area contributed by atoms with E-state index in [9.17, 15) is 4.79 Å². The molecule has 0 unspecified atom stereocenters. The second kappa shape index (κ2) is 4.91. The molecule has 0 spiro atoms. The smallest absolute Gasteiger partial charge is 0.315 e. The molecule has 0 bridgehead atoms. The van der Waals surface area contributed by atoms with Crippen LogP contribution in [0.15, 0.2) is 21.2 Å². The summed E-state index contributed by atoms with van der Waals surface area (Å²) in [5.41, 5.74) is 0. The molecule has 0 aliphatic carbocycles. The van der Waals surface area contributed by atoms with E-state index in [4.69, 9.17) is 4.42 Å². The summed E-state index contributed by atoms with van der Waals surface area (Å²) in [7, 11) is 0. The van der Waals surface area contributed by atoms with Crippen molar-refractivity contribution in [3.05, 3.63) is 22.6 Å². The predicted octanol–water partition coefficient (Wildman–Crippen LogP) is 1.86. The van der Waals surface area contributed by atoms with E-state index in [0.717, 1.165) is 5.76 Å². The van der Waals surface area contributed by atoms with Crippen molar-refractivity contribution < 1.29 is 9.21 Å². The molecule has 0 atom stereocenters. The molecule has 4 nitrogen and oxygen atoms in total. The fraction of sp³-hybridized carbons (Fsp3) is 0.375. The van der Waals surface area contributed by atoms with E-state index in [1.165, 1.54) is 0 Å². The molecule has 5 heteroatoms. The van der Waals surface area contributed by atoms with Gasteiger partial charge in [0.2, 0.25) is 0 Å². The molecule has 72 valence electrons. The summed E-state index contributed by atoms with van der Waals surface area (Å²) in [6, 6.07) is 3.40. The molecule has 0 saturated carbocycles. The van der Waals surface area contributed by atoms with E-state index < -0.39 is 0 Å². The maximum absolute atomic E-state index is 10.9. The van der Waals surface area contributed by atoms with E-state index in [2.05, 4.69) is 26.6 Å². The van der Waals surface area contributed by atoms with Crippen LogP contribution in [0.2, 0.25) is 0 Å². The molecule has 1 heterocycles. The Morgan fingerprint density at radius 2 is 2.31 bits per heavy atom. The zero-order valence-electron chi connectivity index (χ0n) is 7.26. The molecule has 13 heavy (non-hydrogen) atoms. The predicted molar refractivity (Wildman–Crippen MR) is 52.3 cm³/mol. The summed E-state index contributed by atoms with van der Waals surface area (Å²) >= 11 is 3.17. The lowest BCUT2D eigenvalue weighted by atomic mass is 10.4. The molecule has 0 aromatic carbocycles. The van der Waals surface area contributed by atoms with Crippen LogP contribution >= 0.6 is 15.9 Å². The van der Waals surface area contributed by atoms with Gasteiger partial charge in [-0.05, 0) is 35.0 Å². The summed E-state index contributed by atoms with van der Waals surface area (Å²) in [5, 5.41) is 5.27. The lowest BCUT2D eigenvalue weighted by Gasteiger charge is -2.02. The van der Waals surface area contributed by atoms with E-state index in [-0.39, 0.29) is 6.03 Å². The molecular formula is C8H11BrN2O2. The SMILES string of the molecule is CCNC(=O)NCc1ccc(Br)o1. The van der Waals surface area contributed by atoms with Crippen molar-refractivity contribution in [2.45, 2.75) is 13.5 Å². The zero-order chi connectivity index (χ0) is 9.68. The van der Waals surface area contributed by atoms with Gasteiger partial charge in [0.1, 0.15) is 5.76 Å². The number of hydrogen-bond donors (Lipinski definition) is 2. The van der Waals surface area contributed by atoms with Gasteiger partial charge in [0, 0.05) is 6.54 Å². The van der Waals surface area contributed by atoms with Gasteiger partial charge in [-0.25, -0.2) is 4.79 Å². The van der Waals surface area contributed by atoms with Gasteiger partial charge in [-0.1, -0.05) is 0 Å². The number of carbonyl (C=O) groups excluding carboxylic acids is 1. The van der Waals surface area contributed by atoms with Crippen molar-refractivity contribution >= 4 is 22.0 Å². The Kier molecular flexibility index (Phi) is 3.82. The van der Waals surface area contributed by atoms with Crippen LogP contribution in [-0.2, 0) is 6.54 Å². The van der Waals surface area contributed by atoms with Gasteiger partial charge >= 0.3 is 6.03 Å². The van der Waals surface area contributed by atoms with Crippen LogP contribution in [0.1, 0.15) is 12.7 Å². The average Bonchev–Trinajstić information content (AvgIpc) is 2.49. The Balaban J connectivity index is 2.30. The Labute approximate surface area is 84.8 Å². The molecule has 0 fully saturated rings. The highest BCUT2D eigenvalue weighted by Crippen LogP contribution is 2.13. The fourth-order valence-corrected chi connectivity index (χ4v) is 1.18. The van der Waals surface area contributed by atoms with Crippen LogP contribution in [0, 0.1) is 0 Å². The topological polar surface area (TPSA) is 54.3 Å². The third-order valence-electron chi connectivity index (χ3n) is 1.39. The first-order chi connectivity index (χ1) is 6.22. The van der Waals surface area contributed by atoms with Crippen LogP contribution < -0.4 is 10.6 Å². The van der Waals surface area contributed by atoms with E-state index in [0.29, 0.717) is 17.8 Å². The van der Waals surface area contributed by atoms with Crippen molar-refractivity contribution in [3.8, 4) is 0 Å². The lowest BCUT2D eigenvalue weighted by molar-refractivity contribution is 0.240. The standard InChI is InChI=1S/C8H11BrN2O2/c1-2-10-8(12)11-5-6-3-4-7(9)13-6/h3-4H,2,5H2,1H3,(H2,10,11,12). The summed E-state index contributed by atoms with van der Waals surface area (Å²) < 4.78 is 5.85. The monoisotopic (exact) mass is 246 g/mol. The molecule has 1 rings (SSSR count). The van der Waals surface area contributed by atoms with Crippen molar-refractivity contribution in [2.75, 3.05) is 6.54 Å². The highest BCUT2D eigenvalue weighted by atomic mass is 79.9. The zero-order valence-corrected chi connectivity index (χ0v) is 8.85. The minimum absolute atomic E-state index is 0.185. The molecule has 1 aromatic rings. The first kappa shape index (κ1) is 10.1. The Hall–Kier alpha value is -0.970. The van der Waals surface area contributed by atoms with E-state index in [1.807, 2.05) is 6.92 Å². The molecular weight excluding hydrogens is 236 g/mol. The summed E-state index contributed by atoms with van der Waals surface area (Å²) in [6.45, 7) is 2.88. The van der Waals surface area contributed by atoms with Crippen molar-refractivity contribution in [1.29, 1.82) is 0 Å². The third kappa shape index (κ3) is 3.50. The van der Waals surface area contributed by atoms with Gasteiger partial charge in [0.15, 0.2) is 4.67 Å². The Morgan fingerprint density at radius 3 is 2.85 bits per heavy atom. The van der Waals surface area contributed by atoms with E-state index in [1.54, 1.807) is 12.1 Å². The molecule has 2 amide bonds. The van der Waals surface area contributed by atoms with Crippen LogP contribution in [0.5, 0.6) is 0 Å². The van der Waals surface area contributed by atoms with Gasteiger partial charge < -0.3 is 15.1 Å². The average molecular weight is 247 g/mol. The lowest BCUT2D eigenvalue weighted by Crippen LogP contribution is -2.34. The molecule has 1 aromatic heterocycles. The minimum atomic E-state index is -0.185. The molecule has 0 radical (unpaired) electrons. The maximum atomic E-state index is 10.9. The second-order valence-corrected chi connectivity index (χ2v) is 3.20. The summed E-state index contributed by atoms with van der Waals surface area (Å²) in [4.78, 5) is 10.9. The molecule has 0 aliphatic rings. The first-order valence-corrected chi connectivity index (χ1v) is 4.77. The molecule has 2 N–H and O–H groups in total. The number of amides is 2. The first-order valence-electron chi connectivity index (χ1n) is 3.98. The summed E-state index contributed by atoms with van der Waals surface area (Å²) in [5.74, 6) is 0.720. The number of nitrogens with one attached hydrogen (secondary N) is 2. The number of urea groups is 1. The van der Waals surface area contributed by atoms with Gasteiger partial charge in [-0.3, -0.25) is 0 Å². The maximum Gasteiger partial charge on any atom is 0.315 e. The quantitative estimate of drug-likeness (QED) is 0.856. The van der Waals surface area contributed by atoms with Gasteiger partial charge in [-0.2, -0.15) is 0 Å². The number of hydrogen-bond acceptors (Lipinski definition) is 2. The Bertz CT molecular complexity index is 285. The fourth-order valence-electron chi connectivity index (χ4n) is 0.837.